The summed E-state index contributed by atoms with van der Waals surface area (Å²) in [5, 5.41) is 2.84. The number of carbonyl (C=O) groups excluding carboxylic acids is 1. The molecule has 1 aromatic rings. The average Bonchev–Trinajstić information content (AvgIpc) is 2.71. The smallest absolute Gasteiger partial charge is 0.275 e. The molecule has 1 heterocycles. The standard InChI is InChI=1S/C17H22N2O/c1-11(2)13-8-6-12(7-9-13)10-14-15(20)19-16(18-14)17(3,4)5/h6-11H,1-5H3,(H,18,19,20)/b14-10+. The highest BCUT2D eigenvalue weighted by molar-refractivity contribution is 6.15. The summed E-state index contributed by atoms with van der Waals surface area (Å²) in [6.45, 7) is 10.4. The summed E-state index contributed by atoms with van der Waals surface area (Å²) in [7, 11) is 0. The molecule has 0 aliphatic carbocycles. The lowest BCUT2D eigenvalue weighted by Crippen LogP contribution is -2.34. The highest BCUT2D eigenvalue weighted by Gasteiger charge is 2.28. The van der Waals surface area contributed by atoms with Gasteiger partial charge in [0.1, 0.15) is 11.5 Å². The second kappa shape index (κ2) is 5.23. The molecule has 2 rings (SSSR count). The van der Waals surface area contributed by atoms with Crippen LogP contribution in [0.4, 0.5) is 0 Å². The second-order valence-corrected chi connectivity index (χ2v) is 6.52. The Morgan fingerprint density at radius 1 is 1.15 bits per heavy atom. The first-order valence-electron chi connectivity index (χ1n) is 6.99. The molecule has 0 spiro atoms. The molecule has 1 amide bonds. The van der Waals surface area contributed by atoms with Crippen LogP contribution in [-0.4, -0.2) is 11.7 Å². The van der Waals surface area contributed by atoms with E-state index >= 15 is 0 Å². The molecule has 0 atom stereocenters. The van der Waals surface area contributed by atoms with Gasteiger partial charge in [0.05, 0.1) is 0 Å². The lowest BCUT2D eigenvalue weighted by molar-refractivity contribution is -0.115. The largest absolute Gasteiger partial charge is 0.308 e. The molecule has 106 valence electrons. The van der Waals surface area contributed by atoms with Crippen LogP contribution in [0.2, 0.25) is 0 Å². The van der Waals surface area contributed by atoms with Crippen molar-refractivity contribution in [3.8, 4) is 0 Å². The van der Waals surface area contributed by atoms with Gasteiger partial charge >= 0.3 is 0 Å². The van der Waals surface area contributed by atoms with Gasteiger partial charge in [-0.05, 0) is 23.1 Å². The minimum atomic E-state index is -0.146. The predicted molar refractivity (Wildman–Crippen MR) is 83.5 cm³/mol. The Bertz CT molecular complexity index is 572. The number of amidine groups is 1. The van der Waals surface area contributed by atoms with E-state index in [4.69, 9.17) is 0 Å². The van der Waals surface area contributed by atoms with Crippen LogP contribution >= 0.6 is 0 Å². The molecule has 0 saturated heterocycles. The van der Waals surface area contributed by atoms with Gasteiger partial charge in [-0.3, -0.25) is 4.79 Å². The molecule has 0 fully saturated rings. The molecule has 1 aromatic carbocycles. The summed E-state index contributed by atoms with van der Waals surface area (Å²) in [6, 6.07) is 8.25. The molecule has 3 heteroatoms. The first-order chi connectivity index (χ1) is 9.27. The maximum absolute atomic E-state index is 11.9. The zero-order valence-corrected chi connectivity index (χ0v) is 12.8. The monoisotopic (exact) mass is 270 g/mol. The normalized spacial score (nSPS) is 17.6. The van der Waals surface area contributed by atoms with E-state index in [1.165, 1.54) is 5.56 Å². The van der Waals surface area contributed by atoms with Gasteiger partial charge in [0, 0.05) is 5.41 Å². The van der Waals surface area contributed by atoms with Gasteiger partial charge in [0.2, 0.25) is 0 Å². The minimum absolute atomic E-state index is 0.122. The lowest BCUT2D eigenvalue weighted by atomic mass is 9.95. The topological polar surface area (TPSA) is 41.5 Å². The van der Waals surface area contributed by atoms with Crippen LogP contribution in [0.1, 0.15) is 51.7 Å². The Kier molecular flexibility index (Phi) is 3.80. The number of carbonyl (C=O) groups is 1. The van der Waals surface area contributed by atoms with Crippen LogP contribution in [0.25, 0.3) is 6.08 Å². The Labute approximate surface area is 120 Å². The molecular weight excluding hydrogens is 248 g/mol. The number of hydrogen-bond donors (Lipinski definition) is 1. The quantitative estimate of drug-likeness (QED) is 0.817. The SMILES string of the molecule is CC(C)c1ccc(/C=C2/N=C(C(C)(C)C)NC2=O)cc1. The van der Waals surface area contributed by atoms with Crippen molar-refractivity contribution < 1.29 is 4.79 Å². The van der Waals surface area contributed by atoms with E-state index < -0.39 is 0 Å². The molecule has 0 bridgehead atoms. The summed E-state index contributed by atoms with van der Waals surface area (Å²) in [4.78, 5) is 16.3. The van der Waals surface area contributed by atoms with Crippen molar-refractivity contribution in [2.75, 3.05) is 0 Å². The molecule has 3 nitrogen and oxygen atoms in total. The van der Waals surface area contributed by atoms with Crippen molar-refractivity contribution in [1.29, 1.82) is 0 Å². The molecule has 1 N–H and O–H groups in total. The fourth-order valence-electron chi connectivity index (χ4n) is 1.96. The lowest BCUT2D eigenvalue weighted by Gasteiger charge is -2.16. The van der Waals surface area contributed by atoms with Gasteiger partial charge in [0.25, 0.3) is 5.91 Å². The number of nitrogens with one attached hydrogen (secondary N) is 1. The molecule has 0 saturated carbocycles. The van der Waals surface area contributed by atoms with Gasteiger partial charge in [0.15, 0.2) is 0 Å². The maximum Gasteiger partial charge on any atom is 0.275 e. The van der Waals surface area contributed by atoms with E-state index in [-0.39, 0.29) is 11.3 Å². The van der Waals surface area contributed by atoms with Crippen molar-refractivity contribution in [3.05, 3.63) is 41.1 Å². The third-order valence-electron chi connectivity index (χ3n) is 3.31. The van der Waals surface area contributed by atoms with Crippen LogP contribution in [0.15, 0.2) is 35.0 Å². The Morgan fingerprint density at radius 2 is 1.75 bits per heavy atom. The van der Waals surface area contributed by atoms with Crippen LogP contribution in [0.3, 0.4) is 0 Å². The summed E-state index contributed by atoms with van der Waals surface area (Å²) >= 11 is 0. The van der Waals surface area contributed by atoms with Crippen molar-refractivity contribution in [3.63, 3.8) is 0 Å². The van der Waals surface area contributed by atoms with E-state index in [9.17, 15) is 4.79 Å². The first kappa shape index (κ1) is 14.5. The summed E-state index contributed by atoms with van der Waals surface area (Å²) in [6.07, 6.45) is 1.83. The van der Waals surface area contributed by atoms with Crippen LogP contribution in [0, 0.1) is 5.41 Å². The number of amides is 1. The van der Waals surface area contributed by atoms with Crippen molar-refractivity contribution in [1.82, 2.24) is 5.32 Å². The van der Waals surface area contributed by atoms with E-state index in [0.717, 1.165) is 11.4 Å². The van der Waals surface area contributed by atoms with Crippen LogP contribution in [0.5, 0.6) is 0 Å². The number of rotatable bonds is 2. The van der Waals surface area contributed by atoms with Crippen LogP contribution < -0.4 is 5.32 Å². The highest BCUT2D eigenvalue weighted by Crippen LogP contribution is 2.22. The van der Waals surface area contributed by atoms with Crippen molar-refractivity contribution >= 4 is 17.8 Å². The maximum atomic E-state index is 11.9. The molecule has 0 radical (unpaired) electrons. The number of benzene rings is 1. The van der Waals surface area contributed by atoms with Crippen LogP contribution in [-0.2, 0) is 4.79 Å². The molecule has 1 aliphatic rings. The summed E-state index contributed by atoms with van der Waals surface area (Å²) in [5.74, 6) is 1.12. The number of aliphatic imine (C=N–C) groups is 1. The molecule has 0 unspecified atom stereocenters. The highest BCUT2D eigenvalue weighted by atomic mass is 16.2. The molecule has 20 heavy (non-hydrogen) atoms. The second-order valence-electron chi connectivity index (χ2n) is 6.52. The fourth-order valence-corrected chi connectivity index (χ4v) is 1.96. The van der Waals surface area contributed by atoms with Gasteiger partial charge in [-0.15, -0.1) is 0 Å². The summed E-state index contributed by atoms with van der Waals surface area (Å²) < 4.78 is 0. The zero-order valence-electron chi connectivity index (χ0n) is 12.8. The Balaban J connectivity index is 2.27. The molecule has 0 aromatic heterocycles. The first-order valence-corrected chi connectivity index (χ1v) is 6.99. The van der Waals surface area contributed by atoms with Gasteiger partial charge in [-0.1, -0.05) is 58.9 Å². The van der Waals surface area contributed by atoms with E-state index in [2.05, 4.69) is 36.3 Å². The van der Waals surface area contributed by atoms with Gasteiger partial charge in [-0.25, -0.2) is 4.99 Å². The van der Waals surface area contributed by atoms with Crippen molar-refractivity contribution in [2.24, 2.45) is 10.4 Å². The number of hydrogen-bond acceptors (Lipinski definition) is 2. The summed E-state index contributed by atoms with van der Waals surface area (Å²) in [5.41, 5.74) is 2.62. The fraction of sp³-hybridized carbons (Fsp3) is 0.412. The third kappa shape index (κ3) is 3.16. The van der Waals surface area contributed by atoms with Gasteiger partial charge in [-0.2, -0.15) is 0 Å². The zero-order chi connectivity index (χ0) is 14.9. The minimum Gasteiger partial charge on any atom is -0.308 e. The Hall–Kier alpha value is -1.90. The third-order valence-corrected chi connectivity index (χ3v) is 3.31. The van der Waals surface area contributed by atoms with E-state index in [1.807, 2.05) is 39.0 Å². The van der Waals surface area contributed by atoms with Crippen molar-refractivity contribution in [2.45, 2.75) is 40.5 Å². The van der Waals surface area contributed by atoms with E-state index in [1.54, 1.807) is 0 Å². The Morgan fingerprint density at radius 3 is 2.20 bits per heavy atom. The van der Waals surface area contributed by atoms with E-state index in [0.29, 0.717) is 11.6 Å². The molecule has 1 aliphatic heterocycles. The molecular formula is C17H22N2O. The van der Waals surface area contributed by atoms with Gasteiger partial charge < -0.3 is 5.32 Å². The predicted octanol–water partition coefficient (Wildman–Crippen LogP) is 3.73. The number of nitrogens with zero attached hydrogens (tertiary/aromatic N) is 1. The average molecular weight is 270 g/mol.